The molecule has 2 rings (SSSR count). The Balaban J connectivity index is 1.89. The quantitative estimate of drug-likeness (QED) is 0.715. The van der Waals surface area contributed by atoms with Crippen molar-refractivity contribution in [1.82, 2.24) is 0 Å². The average molecular weight is 182 g/mol. The number of aliphatic imine (C=N–C) groups is 1. The van der Waals surface area contributed by atoms with Crippen molar-refractivity contribution < 1.29 is 4.74 Å². The van der Waals surface area contributed by atoms with Crippen LogP contribution in [0.4, 0.5) is 0 Å². The van der Waals surface area contributed by atoms with Gasteiger partial charge in [-0.25, -0.2) is 4.99 Å². The van der Waals surface area contributed by atoms with Gasteiger partial charge in [0.1, 0.15) is 6.61 Å². The molecule has 1 saturated carbocycles. The van der Waals surface area contributed by atoms with Crippen molar-refractivity contribution in [2.45, 2.75) is 38.1 Å². The van der Waals surface area contributed by atoms with Gasteiger partial charge in [-0.2, -0.15) is 0 Å². The van der Waals surface area contributed by atoms with Crippen LogP contribution in [0.25, 0.3) is 0 Å². The van der Waals surface area contributed by atoms with Gasteiger partial charge in [-0.15, -0.1) is 0 Å². The van der Waals surface area contributed by atoms with Crippen LogP contribution in [0.5, 0.6) is 0 Å². The lowest BCUT2D eigenvalue weighted by Gasteiger charge is -2.06. The van der Waals surface area contributed by atoms with E-state index in [0.29, 0.717) is 12.0 Å². The number of hydrogen-bond donors (Lipinski definition) is 1. The normalized spacial score (nSPS) is 29.0. The zero-order valence-electron chi connectivity index (χ0n) is 8.04. The van der Waals surface area contributed by atoms with Gasteiger partial charge >= 0.3 is 0 Å². The molecule has 2 aliphatic rings. The molecule has 1 unspecified atom stereocenters. The van der Waals surface area contributed by atoms with E-state index in [4.69, 9.17) is 10.5 Å². The molecule has 1 aliphatic heterocycles. The molecule has 3 heteroatoms. The molecule has 0 bridgehead atoms. The van der Waals surface area contributed by atoms with Gasteiger partial charge < -0.3 is 10.5 Å². The topological polar surface area (TPSA) is 47.6 Å². The number of nitrogens with zero attached hydrogens (tertiary/aromatic N) is 1. The summed E-state index contributed by atoms with van der Waals surface area (Å²) in [7, 11) is 0. The Morgan fingerprint density at radius 1 is 1.38 bits per heavy atom. The highest BCUT2D eigenvalue weighted by Gasteiger charge is 2.27. The Labute approximate surface area is 79.4 Å². The number of hydrogen-bond acceptors (Lipinski definition) is 3. The lowest BCUT2D eigenvalue weighted by atomic mass is 10.1. The number of ether oxygens (including phenoxy) is 1. The summed E-state index contributed by atoms with van der Waals surface area (Å²) >= 11 is 0. The molecule has 0 aromatic carbocycles. The maximum Gasteiger partial charge on any atom is 0.186 e. The third kappa shape index (κ3) is 2.02. The minimum absolute atomic E-state index is 0.348. The number of nitrogens with two attached hydrogens (primary N) is 1. The molecule has 0 spiro atoms. The van der Waals surface area contributed by atoms with E-state index < -0.39 is 0 Å². The van der Waals surface area contributed by atoms with Crippen LogP contribution < -0.4 is 5.73 Å². The van der Waals surface area contributed by atoms with Crippen molar-refractivity contribution in [1.29, 1.82) is 0 Å². The van der Waals surface area contributed by atoms with Crippen molar-refractivity contribution >= 4 is 5.90 Å². The van der Waals surface area contributed by atoms with E-state index in [1.165, 1.54) is 25.7 Å². The summed E-state index contributed by atoms with van der Waals surface area (Å²) in [6.45, 7) is 1.48. The molecule has 0 aromatic heterocycles. The van der Waals surface area contributed by atoms with E-state index in [9.17, 15) is 0 Å². The highest BCUT2D eigenvalue weighted by atomic mass is 16.5. The highest BCUT2D eigenvalue weighted by molar-refractivity contribution is 5.80. The SMILES string of the molecule is NCCC1COC(C2CCCC2)=N1. The van der Waals surface area contributed by atoms with Crippen LogP contribution in [0.2, 0.25) is 0 Å². The van der Waals surface area contributed by atoms with Gasteiger partial charge in [0.25, 0.3) is 0 Å². The first-order valence-corrected chi connectivity index (χ1v) is 5.30. The zero-order valence-corrected chi connectivity index (χ0v) is 8.04. The summed E-state index contributed by atoms with van der Waals surface area (Å²) in [4.78, 5) is 4.57. The smallest absolute Gasteiger partial charge is 0.186 e. The molecule has 1 heterocycles. The van der Waals surface area contributed by atoms with E-state index in [1.54, 1.807) is 0 Å². The Morgan fingerprint density at radius 3 is 2.85 bits per heavy atom. The van der Waals surface area contributed by atoms with Gasteiger partial charge in [-0.1, -0.05) is 12.8 Å². The fourth-order valence-corrected chi connectivity index (χ4v) is 2.17. The maximum absolute atomic E-state index is 5.60. The van der Waals surface area contributed by atoms with Crippen LogP contribution in [0.1, 0.15) is 32.1 Å². The summed E-state index contributed by atoms with van der Waals surface area (Å²) in [5, 5.41) is 0. The predicted octanol–water partition coefficient (Wildman–Crippen LogP) is 1.32. The van der Waals surface area contributed by atoms with Crippen LogP contribution in [-0.2, 0) is 4.74 Å². The predicted molar refractivity (Wildman–Crippen MR) is 52.8 cm³/mol. The van der Waals surface area contributed by atoms with Gasteiger partial charge in [-0.3, -0.25) is 0 Å². The second-order valence-electron chi connectivity index (χ2n) is 3.99. The van der Waals surface area contributed by atoms with E-state index >= 15 is 0 Å². The van der Waals surface area contributed by atoms with Crippen molar-refractivity contribution in [2.75, 3.05) is 13.2 Å². The Bertz CT molecular complexity index is 197. The van der Waals surface area contributed by atoms with E-state index in [0.717, 1.165) is 25.5 Å². The molecule has 1 fully saturated rings. The lowest BCUT2D eigenvalue weighted by molar-refractivity contribution is 0.294. The summed E-state index contributed by atoms with van der Waals surface area (Å²) in [5.74, 6) is 1.65. The summed E-state index contributed by atoms with van der Waals surface area (Å²) < 4.78 is 5.60. The van der Waals surface area contributed by atoms with E-state index in [1.807, 2.05) is 0 Å². The van der Waals surface area contributed by atoms with Crippen LogP contribution in [-0.4, -0.2) is 25.1 Å². The lowest BCUT2D eigenvalue weighted by Crippen LogP contribution is -2.12. The molecular weight excluding hydrogens is 164 g/mol. The van der Waals surface area contributed by atoms with Crippen molar-refractivity contribution in [3.8, 4) is 0 Å². The first-order valence-electron chi connectivity index (χ1n) is 5.30. The molecule has 2 N–H and O–H groups in total. The second-order valence-corrected chi connectivity index (χ2v) is 3.99. The monoisotopic (exact) mass is 182 g/mol. The molecular formula is C10H18N2O. The van der Waals surface area contributed by atoms with Crippen LogP contribution >= 0.6 is 0 Å². The van der Waals surface area contributed by atoms with E-state index in [-0.39, 0.29) is 0 Å². The third-order valence-corrected chi connectivity index (χ3v) is 2.94. The van der Waals surface area contributed by atoms with Gasteiger partial charge in [0.2, 0.25) is 0 Å². The van der Waals surface area contributed by atoms with Crippen LogP contribution in [0, 0.1) is 5.92 Å². The Kier molecular flexibility index (Phi) is 2.83. The van der Waals surface area contributed by atoms with E-state index in [2.05, 4.69) is 4.99 Å². The van der Waals surface area contributed by atoms with Crippen molar-refractivity contribution in [3.05, 3.63) is 0 Å². The highest BCUT2D eigenvalue weighted by Crippen LogP contribution is 2.28. The zero-order chi connectivity index (χ0) is 9.10. The number of rotatable bonds is 3. The first kappa shape index (κ1) is 9.00. The van der Waals surface area contributed by atoms with Gasteiger partial charge in [0.05, 0.1) is 6.04 Å². The Morgan fingerprint density at radius 2 is 2.15 bits per heavy atom. The Hall–Kier alpha value is -0.570. The molecule has 0 amide bonds. The molecule has 0 radical (unpaired) electrons. The summed E-state index contributed by atoms with van der Waals surface area (Å²) in [6, 6.07) is 0.348. The van der Waals surface area contributed by atoms with Crippen LogP contribution in [0.15, 0.2) is 4.99 Å². The fraction of sp³-hybridized carbons (Fsp3) is 0.900. The van der Waals surface area contributed by atoms with Crippen molar-refractivity contribution in [3.63, 3.8) is 0 Å². The first-order chi connectivity index (χ1) is 6.40. The summed E-state index contributed by atoms with van der Waals surface area (Å²) in [6.07, 6.45) is 6.20. The van der Waals surface area contributed by atoms with Gasteiger partial charge in [0.15, 0.2) is 5.90 Å². The minimum atomic E-state index is 0.348. The third-order valence-electron chi connectivity index (χ3n) is 2.94. The van der Waals surface area contributed by atoms with Crippen molar-refractivity contribution in [2.24, 2.45) is 16.6 Å². The molecule has 74 valence electrons. The van der Waals surface area contributed by atoms with Gasteiger partial charge in [0, 0.05) is 5.92 Å². The molecule has 0 saturated heterocycles. The van der Waals surface area contributed by atoms with Gasteiger partial charge in [-0.05, 0) is 25.8 Å². The minimum Gasteiger partial charge on any atom is -0.478 e. The molecule has 13 heavy (non-hydrogen) atoms. The van der Waals surface area contributed by atoms with Crippen LogP contribution in [0.3, 0.4) is 0 Å². The molecule has 0 aromatic rings. The average Bonchev–Trinajstić information content (AvgIpc) is 2.70. The maximum atomic E-state index is 5.60. The molecule has 1 aliphatic carbocycles. The standard InChI is InChI=1S/C10H18N2O/c11-6-5-9-7-13-10(12-9)8-3-1-2-4-8/h8-9H,1-7,11H2. The fourth-order valence-electron chi connectivity index (χ4n) is 2.17. The molecule has 3 nitrogen and oxygen atoms in total. The summed E-state index contributed by atoms with van der Waals surface area (Å²) in [5.41, 5.74) is 5.48. The molecule has 1 atom stereocenters. The second kappa shape index (κ2) is 4.09. The largest absolute Gasteiger partial charge is 0.478 e.